The smallest absolute Gasteiger partial charge is 0.335 e. The van der Waals surface area contributed by atoms with Gasteiger partial charge >= 0.3 is 5.97 Å². The molecule has 0 unspecified atom stereocenters. The van der Waals surface area contributed by atoms with E-state index in [0.29, 0.717) is 11.8 Å². The molecule has 0 saturated carbocycles. The Morgan fingerprint density at radius 1 is 1.10 bits per heavy atom. The van der Waals surface area contributed by atoms with Gasteiger partial charge in [-0.1, -0.05) is 6.07 Å². The highest BCUT2D eigenvalue weighted by Gasteiger charge is 2.11. The largest absolute Gasteiger partial charge is 0.478 e. The van der Waals surface area contributed by atoms with Crippen LogP contribution >= 0.6 is 0 Å². The summed E-state index contributed by atoms with van der Waals surface area (Å²) in [6, 6.07) is 5.70. The van der Waals surface area contributed by atoms with Crippen molar-refractivity contribution in [2.24, 2.45) is 0 Å². The van der Waals surface area contributed by atoms with Crippen molar-refractivity contribution in [1.29, 1.82) is 0 Å². The average Bonchev–Trinajstić information content (AvgIpc) is 2.42. The van der Waals surface area contributed by atoms with Gasteiger partial charge in [0.15, 0.2) is 11.6 Å². The quantitative estimate of drug-likeness (QED) is 0.845. The van der Waals surface area contributed by atoms with Crippen molar-refractivity contribution in [1.82, 2.24) is 0 Å². The van der Waals surface area contributed by atoms with Gasteiger partial charge in [-0.05, 0) is 30.7 Å². The first kappa shape index (κ1) is 14.9. The van der Waals surface area contributed by atoms with Crippen LogP contribution in [0.15, 0.2) is 30.3 Å². The molecular weight excluding hydrogens is 283 g/mol. The molecule has 0 radical (unpaired) electrons. The highest BCUT2D eigenvalue weighted by molar-refractivity contribution is 5.89. The normalized spacial score (nSPS) is 10.5. The zero-order valence-electron chi connectivity index (χ0n) is 11.1. The van der Waals surface area contributed by atoms with Gasteiger partial charge in [0, 0.05) is 23.9 Å². The van der Waals surface area contributed by atoms with E-state index in [0.717, 1.165) is 11.6 Å². The second-order valence-corrected chi connectivity index (χ2v) is 4.55. The van der Waals surface area contributed by atoms with Crippen LogP contribution in [0.2, 0.25) is 0 Å². The second-order valence-electron chi connectivity index (χ2n) is 4.55. The topological polar surface area (TPSA) is 49.3 Å². The molecule has 0 aliphatic heterocycles. The van der Waals surface area contributed by atoms with Crippen LogP contribution in [0.3, 0.4) is 0 Å². The maximum absolute atomic E-state index is 13.5. The molecule has 2 N–H and O–H groups in total. The van der Waals surface area contributed by atoms with E-state index in [9.17, 15) is 18.0 Å². The van der Waals surface area contributed by atoms with Gasteiger partial charge in [-0.3, -0.25) is 0 Å². The van der Waals surface area contributed by atoms with Crippen molar-refractivity contribution in [2.45, 2.75) is 13.5 Å². The molecule has 6 heteroatoms. The molecule has 21 heavy (non-hydrogen) atoms. The van der Waals surface area contributed by atoms with Crippen molar-refractivity contribution in [3.8, 4) is 0 Å². The summed E-state index contributed by atoms with van der Waals surface area (Å²) in [5.41, 5.74) is 1.27. The number of rotatable bonds is 4. The Bertz CT molecular complexity index is 702. The molecule has 0 atom stereocenters. The number of hydrogen-bond acceptors (Lipinski definition) is 2. The van der Waals surface area contributed by atoms with Crippen LogP contribution < -0.4 is 5.32 Å². The van der Waals surface area contributed by atoms with Crippen LogP contribution in [-0.4, -0.2) is 11.1 Å². The number of nitrogens with one attached hydrogen (secondary N) is 1. The number of benzene rings is 2. The van der Waals surface area contributed by atoms with Gasteiger partial charge in [-0.25, -0.2) is 18.0 Å². The highest BCUT2D eigenvalue weighted by atomic mass is 19.2. The summed E-state index contributed by atoms with van der Waals surface area (Å²) in [4.78, 5) is 10.9. The molecule has 0 heterocycles. The summed E-state index contributed by atoms with van der Waals surface area (Å²) in [5, 5.41) is 11.7. The molecule has 2 aromatic rings. The predicted molar refractivity (Wildman–Crippen MR) is 71.8 cm³/mol. The van der Waals surface area contributed by atoms with E-state index in [-0.39, 0.29) is 17.7 Å². The molecule has 0 bridgehead atoms. The van der Waals surface area contributed by atoms with Crippen molar-refractivity contribution in [2.75, 3.05) is 5.32 Å². The Labute approximate surface area is 119 Å². The third kappa shape index (κ3) is 3.34. The van der Waals surface area contributed by atoms with Gasteiger partial charge in [0.2, 0.25) is 0 Å². The SMILES string of the molecule is Cc1ccc(C(=O)O)cc1NCc1cc(F)c(F)cc1F. The van der Waals surface area contributed by atoms with Crippen LogP contribution in [0.4, 0.5) is 18.9 Å². The van der Waals surface area contributed by atoms with Gasteiger partial charge < -0.3 is 10.4 Å². The minimum Gasteiger partial charge on any atom is -0.478 e. The summed E-state index contributed by atoms with van der Waals surface area (Å²) < 4.78 is 39.4. The summed E-state index contributed by atoms with van der Waals surface area (Å²) in [7, 11) is 0. The van der Waals surface area contributed by atoms with E-state index in [1.807, 2.05) is 0 Å². The number of halogens is 3. The van der Waals surface area contributed by atoms with Crippen molar-refractivity contribution >= 4 is 11.7 Å². The van der Waals surface area contributed by atoms with Gasteiger partial charge in [-0.2, -0.15) is 0 Å². The molecule has 0 aliphatic rings. The Kier molecular flexibility index (Phi) is 4.16. The van der Waals surface area contributed by atoms with E-state index >= 15 is 0 Å². The first-order chi connectivity index (χ1) is 9.88. The highest BCUT2D eigenvalue weighted by Crippen LogP contribution is 2.20. The Balaban J connectivity index is 2.22. The van der Waals surface area contributed by atoms with Crippen LogP contribution in [-0.2, 0) is 6.54 Å². The zero-order valence-corrected chi connectivity index (χ0v) is 11.1. The fourth-order valence-electron chi connectivity index (χ4n) is 1.84. The number of carbonyl (C=O) groups is 1. The minimum atomic E-state index is -1.25. The van der Waals surface area contributed by atoms with Crippen molar-refractivity contribution in [3.05, 3.63) is 64.5 Å². The van der Waals surface area contributed by atoms with Gasteiger partial charge in [0.05, 0.1) is 5.56 Å². The van der Waals surface area contributed by atoms with Gasteiger partial charge in [0.25, 0.3) is 0 Å². The third-order valence-electron chi connectivity index (χ3n) is 3.04. The lowest BCUT2D eigenvalue weighted by Gasteiger charge is -2.11. The number of aromatic carboxylic acids is 1. The van der Waals surface area contributed by atoms with E-state index in [1.54, 1.807) is 13.0 Å². The second kappa shape index (κ2) is 5.87. The van der Waals surface area contributed by atoms with Crippen LogP contribution in [0.5, 0.6) is 0 Å². The maximum atomic E-state index is 13.5. The van der Waals surface area contributed by atoms with Crippen molar-refractivity contribution in [3.63, 3.8) is 0 Å². The summed E-state index contributed by atoms with van der Waals surface area (Å²) in [6.07, 6.45) is 0. The molecule has 0 aromatic heterocycles. The number of carboxylic acids is 1. The lowest BCUT2D eigenvalue weighted by Crippen LogP contribution is -2.06. The van der Waals surface area contributed by atoms with E-state index in [4.69, 9.17) is 5.11 Å². The number of aryl methyl sites for hydroxylation is 1. The van der Waals surface area contributed by atoms with E-state index in [2.05, 4.69) is 5.32 Å². The molecule has 0 saturated heterocycles. The molecule has 0 fully saturated rings. The molecule has 2 aromatic carbocycles. The van der Waals surface area contributed by atoms with Crippen LogP contribution in [0.1, 0.15) is 21.5 Å². The summed E-state index contributed by atoms with van der Waals surface area (Å²) >= 11 is 0. The summed E-state index contributed by atoms with van der Waals surface area (Å²) in [5.74, 6) is -4.34. The monoisotopic (exact) mass is 295 g/mol. The first-order valence-electron chi connectivity index (χ1n) is 6.09. The fourth-order valence-corrected chi connectivity index (χ4v) is 1.84. The van der Waals surface area contributed by atoms with Crippen LogP contribution in [0.25, 0.3) is 0 Å². The van der Waals surface area contributed by atoms with E-state index < -0.39 is 23.4 Å². The molecular formula is C15H12F3NO2. The fraction of sp³-hybridized carbons (Fsp3) is 0.133. The standard InChI is InChI=1S/C15H12F3NO2/c1-8-2-3-9(15(20)21)5-14(8)19-7-10-4-12(17)13(18)6-11(10)16/h2-6,19H,7H2,1H3,(H,20,21). The third-order valence-corrected chi connectivity index (χ3v) is 3.04. The number of hydrogen-bond donors (Lipinski definition) is 2. The molecule has 0 spiro atoms. The molecule has 110 valence electrons. The number of anilines is 1. The molecule has 2 rings (SSSR count). The van der Waals surface area contributed by atoms with Gasteiger partial charge in [0.1, 0.15) is 5.82 Å². The van der Waals surface area contributed by atoms with Crippen LogP contribution in [0, 0.1) is 24.4 Å². The molecule has 0 amide bonds. The predicted octanol–water partition coefficient (Wildman–Crippen LogP) is 3.72. The Hall–Kier alpha value is -2.50. The summed E-state index contributed by atoms with van der Waals surface area (Å²) in [6.45, 7) is 1.66. The Morgan fingerprint density at radius 2 is 1.76 bits per heavy atom. The molecule has 3 nitrogen and oxygen atoms in total. The molecule has 0 aliphatic carbocycles. The van der Waals surface area contributed by atoms with E-state index in [1.165, 1.54) is 12.1 Å². The number of carboxylic acid groups (broad SMARTS) is 1. The lowest BCUT2D eigenvalue weighted by molar-refractivity contribution is 0.0697. The van der Waals surface area contributed by atoms with Gasteiger partial charge in [-0.15, -0.1) is 0 Å². The lowest BCUT2D eigenvalue weighted by atomic mass is 10.1. The van der Waals surface area contributed by atoms with Crippen molar-refractivity contribution < 1.29 is 23.1 Å². The maximum Gasteiger partial charge on any atom is 0.335 e. The first-order valence-corrected chi connectivity index (χ1v) is 6.09. The average molecular weight is 295 g/mol. The Morgan fingerprint density at radius 3 is 2.43 bits per heavy atom. The zero-order chi connectivity index (χ0) is 15.6. The minimum absolute atomic E-state index is 0.0472.